The molecular formula is C16H19N3O2S. The average Bonchev–Trinajstić information content (AvgIpc) is 3.17. The number of hydrogen-bond acceptors (Lipinski definition) is 5. The number of carbonyl (C=O) groups is 1. The molecule has 116 valence electrons. The van der Waals surface area contributed by atoms with Gasteiger partial charge in [0.1, 0.15) is 5.92 Å². The second-order valence-corrected chi connectivity index (χ2v) is 6.07. The zero-order chi connectivity index (χ0) is 15.5. The molecule has 0 saturated carbocycles. The molecule has 3 heterocycles. The number of aromatic amines is 1. The first kappa shape index (κ1) is 15.0. The lowest BCUT2D eigenvalue weighted by atomic mass is 9.77. The monoisotopic (exact) mass is 317 g/mol. The normalized spacial score (nSPS) is 20.4. The number of H-pyrrole nitrogens is 1. The summed E-state index contributed by atoms with van der Waals surface area (Å²) in [4.78, 5) is 17.2. The summed E-state index contributed by atoms with van der Waals surface area (Å²) in [6.45, 7) is 4.30. The molecule has 2 aromatic heterocycles. The van der Waals surface area contributed by atoms with Gasteiger partial charge < -0.3 is 4.74 Å². The van der Waals surface area contributed by atoms with Crippen molar-refractivity contribution in [2.45, 2.75) is 32.6 Å². The number of nitrogens with one attached hydrogen (secondary N) is 1. The number of thiophene rings is 1. The maximum atomic E-state index is 12.6. The third-order valence-electron chi connectivity index (χ3n) is 3.88. The predicted octanol–water partition coefficient (Wildman–Crippen LogP) is 3.67. The number of nitrogens with zero attached hydrogens (tertiary/aromatic N) is 2. The van der Waals surface area contributed by atoms with Crippen LogP contribution in [0.5, 0.6) is 0 Å². The molecule has 3 rings (SSSR count). The summed E-state index contributed by atoms with van der Waals surface area (Å²) < 4.78 is 5.33. The molecule has 0 spiro atoms. The molecule has 2 unspecified atom stereocenters. The number of carbonyl (C=O) groups excluding carboxylic acids is 1. The van der Waals surface area contributed by atoms with Crippen molar-refractivity contribution in [1.82, 2.24) is 10.2 Å². The highest BCUT2D eigenvalue weighted by Crippen LogP contribution is 2.43. The second-order valence-electron chi connectivity index (χ2n) is 5.29. The Labute approximate surface area is 133 Å². The van der Waals surface area contributed by atoms with E-state index in [1.165, 1.54) is 0 Å². The Morgan fingerprint density at radius 2 is 2.32 bits per heavy atom. The second kappa shape index (κ2) is 6.44. The quantitative estimate of drug-likeness (QED) is 0.856. The van der Waals surface area contributed by atoms with Gasteiger partial charge in [0, 0.05) is 17.2 Å². The molecule has 6 heteroatoms. The largest absolute Gasteiger partial charge is 0.465 e. The van der Waals surface area contributed by atoms with E-state index in [1.807, 2.05) is 12.3 Å². The maximum absolute atomic E-state index is 12.6. The minimum absolute atomic E-state index is 0.0712. The van der Waals surface area contributed by atoms with E-state index in [1.54, 1.807) is 17.5 Å². The Bertz CT molecular complexity index is 675. The fourth-order valence-corrected chi connectivity index (χ4v) is 3.68. The van der Waals surface area contributed by atoms with Crippen LogP contribution >= 0.6 is 11.3 Å². The Morgan fingerprint density at radius 1 is 1.45 bits per heavy atom. The fourth-order valence-electron chi connectivity index (χ4n) is 2.99. The molecule has 0 amide bonds. The van der Waals surface area contributed by atoms with E-state index < -0.39 is 0 Å². The molecule has 2 atom stereocenters. The summed E-state index contributed by atoms with van der Waals surface area (Å²) in [6.07, 6.45) is 3.49. The minimum atomic E-state index is -0.361. The Balaban J connectivity index is 2.10. The lowest BCUT2D eigenvalue weighted by molar-refractivity contribution is -0.146. The Kier molecular flexibility index (Phi) is 4.38. The Morgan fingerprint density at radius 3 is 3.00 bits per heavy atom. The predicted molar refractivity (Wildman–Crippen MR) is 86.9 cm³/mol. The third-order valence-corrected chi connectivity index (χ3v) is 4.58. The molecule has 1 aliphatic rings. The summed E-state index contributed by atoms with van der Waals surface area (Å²) in [5, 5.41) is 11.2. The van der Waals surface area contributed by atoms with E-state index >= 15 is 0 Å². The van der Waals surface area contributed by atoms with Gasteiger partial charge in [0.05, 0.1) is 12.8 Å². The number of ether oxygens (including phenoxy) is 1. The van der Waals surface area contributed by atoms with Gasteiger partial charge in [-0.15, -0.1) is 0 Å². The number of fused-ring (bicyclic) bond motifs is 1. The third kappa shape index (κ3) is 2.59. The molecule has 0 saturated heterocycles. The molecule has 0 aromatic carbocycles. The first-order chi connectivity index (χ1) is 10.8. The lowest BCUT2D eigenvalue weighted by Gasteiger charge is -2.29. The van der Waals surface area contributed by atoms with Crippen molar-refractivity contribution in [1.29, 1.82) is 0 Å². The molecule has 2 aromatic rings. The van der Waals surface area contributed by atoms with E-state index in [0.717, 1.165) is 35.5 Å². The number of aromatic nitrogens is 2. The van der Waals surface area contributed by atoms with Gasteiger partial charge in [0.15, 0.2) is 5.82 Å². The summed E-state index contributed by atoms with van der Waals surface area (Å²) in [6, 6.07) is 2.06. The van der Waals surface area contributed by atoms with Crippen LogP contribution in [0.2, 0.25) is 0 Å². The standard InChI is InChI=1S/C16H19N3O2S/c1-3-5-12-14(16(20)21-4-2)13(10-6-7-22-9-10)11-8-17-19-15(11)18-12/h6-9,13-14H,3-5H2,1-2H3,(H,17,19). The number of aliphatic imine (C=N–C) groups is 1. The zero-order valence-electron chi connectivity index (χ0n) is 12.7. The first-order valence-corrected chi connectivity index (χ1v) is 8.50. The summed E-state index contributed by atoms with van der Waals surface area (Å²) in [5.41, 5.74) is 2.97. The van der Waals surface area contributed by atoms with E-state index in [9.17, 15) is 4.79 Å². The van der Waals surface area contributed by atoms with Crippen molar-refractivity contribution in [3.05, 3.63) is 34.2 Å². The van der Waals surface area contributed by atoms with Crippen molar-refractivity contribution in [3.8, 4) is 0 Å². The van der Waals surface area contributed by atoms with Crippen LogP contribution in [0.25, 0.3) is 0 Å². The van der Waals surface area contributed by atoms with E-state index in [2.05, 4.69) is 33.6 Å². The molecule has 22 heavy (non-hydrogen) atoms. The SMILES string of the molecule is CCCC1=Nc2[nH]ncc2C(c2ccsc2)C1C(=O)OCC. The van der Waals surface area contributed by atoms with Crippen LogP contribution in [0.3, 0.4) is 0 Å². The van der Waals surface area contributed by atoms with E-state index in [4.69, 9.17) is 4.74 Å². The Hall–Kier alpha value is -1.95. The van der Waals surface area contributed by atoms with Gasteiger partial charge in [0.25, 0.3) is 0 Å². The highest BCUT2D eigenvalue weighted by molar-refractivity contribution is 7.08. The van der Waals surface area contributed by atoms with Crippen LogP contribution in [0.4, 0.5) is 5.82 Å². The molecule has 0 fully saturated rings. The van der Waals surface area contributed by atoms with Crippen LogP contribution in [-0.2, 0) is 9.53 Å². The summed E-state index contributed by atoms with van der Waals surface area (Å²) in [5.74, 6) is 0.135. The van der Waals surface area contributed by atoms with Crippen molar-refractivity contribution in [3.63, 3.8) is 0 Å². The van der Waals surface area contributed by atoms with Crippen molar-refractivity contribution in [2.24, 2.45) is 10.9 Å². The maximum Gasteiger partial charge on any atom is 0.315 e. The van der Waals surface area contributed by atoms with Gasteiger partial charge in [-0.3, -0.25) is 9.89 Å². The highest BCUT2D eigenvalue weighted by Gasteiger charge is 2.40. The smallest absolute Gasteiger partial charge is 0.315 e. The molecule has 1 N–H and O–H groups in total. The van der Waals surface area contributed by atoms with Gasteiger partial charge in [0.2, 0.25) is 0 Å². The van der Waals surface area contributed by atoms with Gasteiger partial charge in [-0.1, -0.05) is 13.3 Å². The van der Waals surface area contributed by atoms with Gasteiger partial charge in [-0.05, 0) is 35.7 Å². The molecule has 1 aliphatic heterocycles. The molecule has 5 nitrogen and oxygen atoms in total. The van der Waals surface area contributed by atoms with Gasteiger partial charge >= 0.3 is 5.97 Å². The van der Waals surface area contributed by atoms with E-state index in [0.29, 0.717) is 6.61 Å². The number of rotatable bonds is 5. The van der Waals surface area contributed by atoms with Crippen LogP contribution in [0.15, 0.2) is 28.0 Å². The molecule has 0 radical (unpaired) electrons. The molecule has 0 aliphatic carbocycles. The average molecular weight is 317 g/mol. The van der Waals surface area contributed by atoms with Crippen LogP contribution < -0.4 is 0 Å². The van der Waals surface area contributed by atoms with Crippen LogP contribution in [0.1, 0.15) is 43.7 Å². The summed E-state index contributed by atoms with van der Waals surface area (Å²) >= 11 is 1.63. The highest BCUT2D eigenvalue weighted by atomic mass is 32.1. The fraction of sp³-hybridized carbons (Fsp3) is 0.438. The van der Waals surface area contributed by atoms with Crippen LogP contribution in [-0.4, -0.2) is 28.5 Å². The zero-order valence-corrected chi connectivity index (χ0v) is 13.5. The number of hydrogen-bond donors (Lipinski definition) is 1. The van der Waals surface area contributed by atoms with Crippen LogP contribution in [0, 0.1) is 5.92 Å². The minimum Gasteiger partial charge on any atom is -0.465 e. The number of esters is 1. The molecule has 0 bridgehead atoms. The van der Waals surface area contributed by atoms with Crippen molar-refractivity contribution >= 4 is 28.8 Å². The topological polar surface area (TPSA) is 67.3 Å². The lowest BCUT2D eigenvalue weighted by Crippen LogP contribution is -2.34. The summed E-state index contributed by atoms with van der Waals surface area (Å²) in [7, 11) is 0. The first-order valence-electron chi connectivity index (χ1n) is 7.55. The van der Waals surface area contributed by atoms with Crippen molar-refractivity contribution in [2.75, 3.05) is 6.61 Å². The van der Waals surface area contributed by atoms with E-state index in [-0.39, 0.29) is 17.8 Å². The van der Waals surface area contributed by atoms with Gasteiger partial charge in [-0.25, -0.2) is 4.99 Å². The van der Waals surface area contributed by atoms with Crippen molar-refractivity contribution < 1.29 is 9.53 Å². The molecular weight excluding hydrogens is 298 g/mol. The van der Waals surface area contributed by atoms with Gasteiger partial charge in [-0.2, -0.15) is 16.4 Å².